The number of urea groups is 1. The quantitative estimate of drug-likeness (QED) is 0.858. The number of halogens is 1. The molecule has 118 valence electrons. The molecule has 2 aromatic carbocycles. The molecule has 4 nitrogen and oxygen atoms in total. The summed E-state index contributed by atoms with van der Waals surface area (Å²) in [4.78, 5) is 14.1. The maximum Gasteiger partial charge on any atom is 0.321 e. The number of nitrogens with zero attached hydrogens (tertiary/aromatic N) is 2. The predicted octanol–water partition coefficient (Wildman–Crippen LogP) is 4.33. The minimum Gasteiger partial charge on any atom is -0.323 e. The summed E-state index contributed by atoms with van der Waals surface area (Å²) in [6.07, 6.45) is 1.05. The van der Waals surface area contributed by atoms with Crippen molar-refractivity contribution in [2.75, 3.05) is 18.4 Å². The summed E-state index contributed by atoms with van der Waals surface area (Å²) in [7, 11) is 0. The molecule has 0 fully saturated rings. The van der Waals surface area contributed by atoms with Gasteiger partial charge in [-0.15, -0.1) is 0 Å². The normalized spacial score (nSPS) is 9.91. The Bertz CT molecular complexity index is 682. The second kappa shape index (κ2) is 8.82. The Morgan fingerprint density at radius 3 is 2.61 bits per heavy atom. The van der Waals surface area contributed by atoms with Crippen LogP contribution in [0.3, 0.4) is 0 Å². The van der Waals surface area contributed by atoms with Crippen LogP contribution in [0.15, 0.2) is 54.6 Å². The van der Waals surface area contributed by atoms with E-state index in [1.807, 2.05) is 30.3 Å². The number of rotatable bonds is 6. The molecule has 0 heterocycles. The average Bonchev–Trinajstić information content (AvgIpc) is 2.56. The zero-order valence-corrected chi connectivity index (χ0v) is 13.5. The fourth-order valence-corrected chi connectivity index (χ4v) is 2.37. The van der Waals surface area contributed by atoms with E-state index < -0.39 is 0 Å². The van der Waals surface area contributed by atoms with Gasteiger partial charge in [0.15, 0.2) is 0 Å². The van der Waals surface area contributed by atoms with E-state index in [1.54, 1.807) is 29.2 Å². The van der Waals surface area contributed by atoms with Crippen molar-refractivity contribution < 1.29 is 4.79 Å². The Kier molecular flexibility index (Phi) is 6.46. The molecule has 1 N–H and O–H groups in total. The van der Waals surface area contributed by atoms with E-state index in [4.69, 9.17) is 16.9 Å². The summed E-state index contributed by atoms with van der Waals surface area (Å²) in [6, 6.07) is 18.8. The number of nitrogens with one attached hydrogen (secondary N) is 1. The molecule has 2 aromatic rings. The van der Waals surface area contributed by atoms with Crippen molar-refractivity contribution in [2.45, 2.75) is 12.8 Å². The molecule has 0 bridgehead atoms. The average molecular weight is 328 g/mol. The third-order valence-electron chi connectivity index (χ3n) is 3.37. The van der Waals surface area contributed by atoms with E-state index in [0.29, 0.717) is 30.2 Å². The molecule has 0 saturated carbocycles. The zero-order chi connectivity index (χ0) is 16.5. The highest BCUT2D eigenvalue weighted by Crippen LogP contribution is 2.15. The topological polar surface area (TPSA) is 56.1 Å². The molecule has 0 unspecified atom stereocenters. The van der Waals surface area contributed by atoms with Gasteiger partial charge >= 0.3 is 6.03 Å². The Balaban J connectivity index is 1.98. The monoisotopic (exact) mass is 327 g/mol. The predicted molar refractivity (Wildman–Crippen MR) is 92.4 cm³/mol. The molecule has 5 heteroatoms. The van der Waals surface area contributed by atoms with Crippen LogP contribution in [-0.2, 0) is 6.42 Å². The smallest absolute Gasteiger partial charge is 0.321 e. The van der Waals surface area contributed by atoms with Gasteiger partial charge in [0.1, 0.15) is 0 Å². The minimum absolute atomic E-state index is 0.224. The van der Waals surface area contributed by atoms with E-state index in [-0.39, 0.29) is 6.03 Å². The summed E-state index contributed by atoms with van der Waals surface area (Å²) in [5.41, 5.74) is 1.80. The third kappa shape index (κ3) is 5.65. The summed E-state index contributed by atoms with van der Waals surface area (Å²) < 4.78 is 0. The molecule has 0 aliphatic heterocycles. The summed E-state index contributed by atoms with van der Waals surface area (Å²) >= 11 is 5.92. The van der Waals surface area contributed by atoms with Crippen molar-refractivity contribution in [1.29, 1.82) is 5.26 Å². The van der Waals surface area contributed by atoms with E-state index in [2.05, 4.69) is 11.4 Å². The fraction of sp³-hybridized carbons (Fsp3) is 0.222. The summed E-state index contributed by atoms with van der Waals surface area (Å²) in [5, 5.41) is 12.2. The molecule has 0 aromatic heterocycles. The molecular weight excluding hydrogens is 310 g/mol. The van der Waals surface area contributed by atoms with E-state index in [9.17, 15) is 4.79 Å². The van der Waals surface area contributed by atoms with Gasteiger partial charge in [-0.25, -0.2) is 4.79 Å². The molecule has 0 radical (unpaired) electrons. The Labute approximate surface area is 141 Å². The highest BCUT2D eigenvalue weighted by Gasteiger charge is 2.13. The van der Waals surface area contributed by atoms with Gasteiger partial charge in [-0.05, 0) is 30.2 Å². The maximum absolute atomic E-state index is 12.4. The van der Waals surface area contributed by atoms with Gasteiger partial charge in [0, 0.05) is 23.8 Å². The fourth-order valence-electron chi connectivity index (χ4n) is 2.18. The van der Waals surface area contributed by atoms with Crippen LogP contribution in [-0.4, -0.2) is 24.0 Å². The molecule has 0 spiro atoms. The molecule has 2 rings (SSSR count). The number of hydrogen-bond acceptors (Lipinski definition) is 2. The van der Waals surface area contributed by atoms with Crippen LogP contribution in [0, 0.1) is 11.3 Å². The minimum atomic E-state index is -0.224. The first-order valence-electron chi connectivity index (χ1n) is 7.41. The van der Waals surface area contributed by atoms with Crippen LogP contribution >= 0.6 is 11.6 Å². The highest BCUT2D eigenvalue weighted by atomic mass is 35.5. The molecular formula is C18H18ClN3O. The first kappa shape index (κ1) is 16.9. The van der Waals surface area contributed by atoms with Crippen molar-refractivity contribution in [3.63, 3.8) is 0 Å². The van der Waals surface area contributed by atoms with Crippen molar-refractivity contribution >= 4 is 23.3 Å². The lowest BCUT2D eigenvalue weighted by molar-refractivity contribution is 0.213. The lowest BCUT2D eigenvalue weighted by Gasteiger charge is -2.22. The van der Waals surface area contributed by atoms with Crippen LogP contribution in [0.5, 0.6) is 0 Å². The summed E-state index contributed by atoms with van der Waals surface area (Å²) in [6.45, 7) is 0.952. The van der Waals surface area contributed by atoms with Crippen molar-refractivity contribution in [1.82, 2.24) is 4.90 Å². The Hall–Kier alpha value is -2.51. The third-order valence-corrected chi connectivity index (χ3v) is 3.60. The largest absolute Gasteiger partial charge is 0.323 e. The SMILES string of the molecule is N#CCCN(CCc1ccccc1)C(=O)Nc1cccc(Cl)c1. The van der Waals surface area contributed by atoms with Crippen molar-refractivity contribution in [3.8, 4) is 6.07 Å². The van der Waals surface area contributed by atoms with E-state index in [0.717, 1.165) is 12.0 Å². The standard InChI is InChI=1S/C18H18ClN3O/c19-16-8-4-9-17(14-16)21-18(23)22(12-5-11-20)13-10-15-6-2-1-3-7-15/h1-4,6-9,14H,5,10,12-13H2,(H,21,23). The molecule has 23 heavy (non-hydrogen) atoms. The number of benzene rings is 2. The molecule has 0 atom stereocenters. The second-order valence-electron chi connectivity index (χ2n) is 5.07. The van der Waals surface area contributed by atoms with Crippen LogP contribution in [0.2, 0.25) is 5.02 Å². The second-order valence-corrected chi connectivity index (χ2v) is 5.51. The lowest BCUT2D eigenvalue weighted by atomic mass is 10.1. The zero-order valence-electron chi connectivity index (χ0n) is 12.7. The number of hydrogen-bond donors (Lipinski definition) is 1. The van der Waals surface area contributed by atoms with Gasteiger partial charge in [-0.3, -0.25) is 0 Å². The molecule has 2 amide bonds. The van der Waals surface area contributed by atoms with Crippen LogP contribution in [0.1, 0.15) is 12.0 Å². The van der Waals surface area contributed by atoms with E-state index >= 15 is 0 Å². The molecule has 0 saturated heterocycles. The van der Waals surface area contributed by atoms with Crippen LogP contribution in [0.4, 0.5) is 10.5 Å². The van der Waals surface area contributed by atoms with Gasteiger partial charge in [-0.1, -0.05) is 48.0 Å². The van der Waals surface area contributed by atoms with Gasteiger partial charge in [0.2, 0.25) is 0 Å². The molecule has 0 aliphatic rings. The van der Waals surface area contributed by atoms with Crippen LogP contribution in [0.25, 0.3) is 0 Å². The van der Waals surface area contributed by atoms with Crippen molar-refractivity contribution in [3.05, 3.63) is 65.2 Å². The Morgan fingerprint density at radius 1 is 1.13 bits per heavy atom. The Morgan fingerprint density at radius 2 is 1.91 bits per heavy atom. The van der Waals surface area contributed by atoms with Crippen molar-refractivity contribution in [2.24, 2.45) is 0 Å². The van der Waals surface area contributed by atoms with E-state index in [1.165, 1.54) is 0 Å². The van der Waals surface area contributed by atoms with Gasteiger partial charge in [-0.2, -0.15) is 5.26 Å². The van der Waals surface area contributed by atoms with Gasteiger partial charge < -0.3 is 10.2 Å². The number of anilines is 1. The number of carbonyl (C=O) groups excluding carboxylic acids is 1. The molecule has 0 aliphatic carbocycles. The van der Waals surface area contributed by atoms with Crippen LogP contribution < -0.4 is 5.32 Å². The number of carbonyl (C=O) groups is 1. The highest BCUT2D eigenvalue weighted by molar-refractivity contribution is 6.30. The maximum atomic E-state index is 12.4. The number of amides is 2. The summed E-state index contributed by atoms with van der Waals surface area (Å²) in [5.74, 6) is 0. The van der Waals surface area contributed by atoms with Gasteiger partial charge in [0.05, 0.1) is 12.5 Å². The first-order chi connectivity index (χ1) is 11.2. The number of nitriles is 1. The lowest BCUT2D eigenvalue weighted by Crippen LogP contribution is -2.37. The first-order valence-corrected chi connectivity index (χ1v) is 7.79. The van der Waals surface area contributed by atoms with Gasteiger partial charge in [0.25, 0.3) is 0 Å².